The number of amides is 2. The third kappa shape index (κ3) is 3.53. The maximum Gasteiger partial charge on any atom is 0.277 e. The lowest BCUT2D eigenvalue weighted by atomic mass is 9.91. The first-order valence-corrected chi connectivity index (χ1v) is 9.39. The molecular weight excluding hydrogens is 331 g/mol. The molecule has 0 saturated carbocycles. The molecule has 2 heterocycles. The van der Waals surface area contributed by atoms with Gasteiger partial charge in [0.2, 0.25) is 0 Å². The summed E-state index contributed by atoms with van der Waals surface area (Å²) in [7, 11) is 0. The van der Waals surface area contributed by atoms with E-state index < -0.39 is 0 Å². The van der Waals surface area contributed by atoms with E-state index in [0.717, 1.165) is 19.5 Å². The number of hydrogen-bond acceptors (Lipinski definition) is 3. The van der Waals surface area contributed by atoms with Gasteiger partial charge in [0, 0.05) is 19.6 Å². The van der Waals surface area contributed by atoms with Gasteiger partial charge in [0.15, 0.2) is 0 Å². The van der Waals surface area contributed by atoms with Gasteiger partial charge in [-0.05, 0) is 41.9 Å². The average molecular weight is 358 g/mol. The summed E-state index contributed by atoms with van der Waals surface area (Å²) in [6, 6.07) is 5.85. The summed E-state index contributed by atoms with van der Waals surface area (Å²) in [4.78, 5) is 29.6. The Morgan fingerprint density at radius 3 is 2.15 bits per heavy atom. The SMILES string of the molecule is CC(C)CN1C(=O)C(c2ccc(F)cc2)=C(N2CC(C)CC(C)C2)C1=O. The Balaban J connectivity index is 2.07. The molecule has 0 aromatic heterocycles. The van der Waals surface area contributed by atoms with Crippen molar-refractivity contribution < 1.29 is 14.0 Å². The second kappa shape index (κ2) is 7.22. The standard InChI is InChI=1S/C21H27FN2O2/c1-13(2)10-24-20(25)18(16-5-7-17(22)8-6-16)19(21(24)26)23-11-14(3)9-15(4)12-23/h5-8,13-15H,9-12H2,1-4H3. The summed E-state index contributed by atoms with van der Waals surface area (Å²) in [6.45, 7) is 10.2. The normalized spacial score (nSPS) is 24.2. The van der Waals surface area contributed by atoms with Crippen LogP contribution < -0.4 is 0 Å². The largest absolute Gasteiger partial charge is 0.366 e. The van der Waals surface area contributed by atoms with Crippen LogP contribution in [0.15, 0.2) is 30.0 Å². The van der Waals surface area contributed by atoms with Crippen molar-refractivity contribution in [1.82, 2.24) is 9.80 Å². The molecule has 5 heteroatoms. The van der Waals surface area contributed by atoms with Crippen molar-refractivity contribution in [1.29, 1.82) is 0 Å². The average Bonchev–Trinajstić information content (AvgIpc) is 2.79. The molecule has 4 nitrogen and oxygen atoms in total. The minimum absolute atomic E-state index is 0.191. The summed E-state index contributed by atoms with van der Waals surface area (Å²) in [6.07, 6.45) is 1.12. The molecule has 2 aliphatic rings. The topological polar surface area (TPSA) is 40.6 Å². The fraction of sp³-hybridized carbons (Fsp3) is 0.524. The Hall–Kier alpha value is -2.17. The molecular formula is C21H27FN2O2. The Morgan fingerprint density at radius 1 is 1.04 bits per heavy atom. The van der Waals surface area contributed by atoms with Gasteiger partial charge in [-0.1, -0.05) is 39.8 Å². The molecule has 2 atom stereocenters. The Labute approximate surface area is 154 Å². The Bertz CT molecular complexity index is 729. The number of benzene rings is 1. The highest BCUT2D eigenvalue weighted by atomic mass is 19.1. The van der Waals surface area contributed by atoms with Gasteiger partial charge in [-0.15, -0.1) is 0 Å². The molecule has 1 aromatic carbocycles. The van der Waals surface area contributed by atoms with E-state index in [1.807, 2.05) is 13.8 Å². The predicted molar refractivity (Wildman–Crippen MR) is 99.4 cm³/mol. The molecule has 0 radical (unpaired) electrons. The lowest BCUT2D eigenvalue weighted by molar-refractivity contribution is -0.138. The van der Waals surface area contributed by atoms with E-state index in [0.29, 0.717) is 35.2 Å². The molecule has 140 valence electrons. The van der Waals surface area contributed by atoms with Crippen LogP contribution in [0, 0.1) is 23.6 Å². The minimum Gasteiger partial charge on any atom is -0.366 e. The second-order valence-electron chi connectivity index (χ2n) is 8.20. The lowest BCUT2D eigenvalue weighted by Crippen LogP contribution is -2.42. The smallest absolute Gasteiger partial charge is 0.277 e. The number of imide groups is 1. The molecule has 0 bridgehead atoms. The van der Waals surface area contributed by atoms with Crippen molar-refractivity contribution in [3.8, 4) is 0 Å². The van der Waals surface area contributed by atoms with Crippen LogP contribution in [0.2, 0.25) is 0 Å². The van der Waals surface area contributed by atoms with Gasteiger partial charge in [-0.2, -0.15) is 0 Å². The van der Waals surface area contributed by atoms with E-state index in [9.17, 15) is 14.0 Å². The molecule has 1 saturated heterocycles. The lowest BCUT2D eigenvalue weighted by Gasteiger charge is -2.37. The highest BCUT2D eigenvalue weighted by Gasteiger charge is 2.42. The molecule has 0 spiro atoms. The van der Waals surface area contributed by atoms with Crippen LogP contribution >= 0.6 is 0 Å². The molecule has 2 unspecified atom stereocenters. The van der Waals surface area contributed by atoms with Crippen molar-refractivity contribution in [2.45, 2.75) is 34.1 Å². The van der Waals surface area contributed by atoms with Crippen molar-refractivity contribution in [3.63, 3.8) is 0 Å². The molecule has 0 aliphatic carbocycles. The van der Waals surface area contributed by atoms with Gasteiger partial charge in [0.25, 0.3) is 11.8 Å². The molecule has 2 amide bonds. The zero-order valence-corrected chi connectivity index (χ0v) is 16.0. The summed E-state index contributed by atoms with van der Waals surface area (Å²) in [5.41, 5.74) is 1.51. The number of carbonyl (C=O) groups is 2. The maximum atomic E-state index is 13.4. The van der Waals surface area contributed by atoms with E-state index in [4.69, 9.17) is 0 Å². The van der Waals surface area contributed by atoms with E-state index in [2.05, 4.69) is 18.7 Å². The number of nitrogens with zero attached hydrogens (tertiary/aromatic N) is 2. The molecule has 26 heavy (non-hydrogen) atoms. The van der Waals surface area contributed by atoms with Gasteiger partial charge in [-0.3, -0.25) is 14.5 Å². The van der Waals surface area contributed by atoms with Crippen LogP contribution in [0.1, 0.15) is 39.7 Å². The van der Waals surface area contributed by atoms with Gasteiger partial charge >= 0.3 is 0 Å². The van der Waals surface area contributed by atoms with E-state index in [1.54, 1.807) is 12.1 Å². The first-order valence-electron chi connectivity index (χ1n) is 9.39. The van der Waals surface area contributed by atoms with E-state index in [1.165, 1.54) is 17.0 Å². The highest BCUT2D eigenvalue weighted by molar-refractivity contribution is 6.35. The quantitative estimate of drug-likeness (QED) is 0.773. The molecule has 3 rings (SSSR count). The number of carbonyl (C=O) groups excluding carboxylic acids is 2. The zero-order valence-electron chi connectivity index (χ0n) is 16.0. The fourth-order valence-electron chi connectivity index (χ4n) is 4.11. The Kier molecular flexibility index (Phi) is 5.17. The van der Waals surface area contributed by atoms with Crippen LogP contribution in [-0.2, 0) is 9.59 Å². The van der Waals surface area contributed by atoms with Gasteiger partial charge < -0.3 is 4.90 Å². The summed E-state index contributed by atoms with van der Waals surface area (Å²) in [5, 5.41) is 0. The first kappa shape index (κ1) is 18.6. The van der Waals surface area contributed by atoms with Crippen LogP contribution in [0.5, 0.6) is 0 Å². The Morgan fingerprint density at radius 2 is 1.62 bits per heavy atom. The molecule has 1 fully saturated rings. The van der Waals surface area contributed by atoms with Gasteiger partial charge in [0.05, 0.1) is 5.57 Å². The molecule has 0 N–H and O–H groups in total. The van der Waals surface area contributed by atoms with Crippen molar-refractivity contribution >= 4 is 17.4 Å². The predicted octanol–water partition coefficient (Wildman–Crippen LogP) is 3.54. The van der Waals surface area contributed by atoms with Crippen molar-refractivity contribution in [2.24, 2.45) is 17.8 Å². The molecule has 2 aliphatic heterocycles. The second-order valence-corrected chi connectivity index (χ2v) is 8.20. The summed E-state index contributed by atoms with van der Waals surface area (Å²) >= 11 is 0. The van der Waals surface area contributed by atoms with Crippen LogP contribution in [-0.4, -0.2) is 41.2 Å². The number of hydrogen-bond donors (Lipinski definition) is 0. The monoisotopic (exact) mass is 358 g/mol. The zero-order chi connectivity index (χ0) is 19.0. The van der Waals surface area contributed by atoms with Crippen molar-refractivity contribution in [2.75, 3.05) is 19.6 Å². The van der Waals surface area contributed by atoms with Crippen LogP contribution in [0.4, 0.5) is 4.39 Å². The van der Waals surface area contributed by atoms with Gasteiger partial charge in [0.1, 0.15) is 11.5 Å². The highest BCUT2D eigenvalue weighted by Crippen LogP contribution is 2.35. The number of halogens is 1. The van der Waals surface area contributed by atoms with E-state index in [-0.39, 0.29) is 23.5 Å². The minimum atomic E-state index is -0.355. The summed E-state index contributed by atoms with van der Waals surface area (Å²) < 4.78 is 13.4. The summed E-state index contributed by atoms with van der Waals surface area (Å²) in [5.74, 6) is 0.272. The number of piperidine rings is 1. The van der Waals surface area contributed by atoms with Gasteiger partial charge in [-0.25, -0.2) is 4.39 Å². The number of rotatable bonds is 4. The fourth-order valence-corrected chi connectivity index (χ4v) is 4.11. The van der Waals surface area contributed by atoms with Crippen LogP contribution in [0.25, 0.3) is 5.57 Å². The van der Waals surface area contributed by atoms with E-state index >= 15 is 0 Å². The maximum absolute atomic E-state index is 13.4. The number of likely N-dealkylation sites (tertiary alicyclic amines) is 1. The third-order valence-electron chi connectivity index (χ3n) is 5.01. The molecule has 1 aromatic rings. The van der Waals surface area contributed by atoms with Crippen molar-refractivity contribution in [3.05, 3.63) is 41.3 Å². The third-order valence-corrected chi connectivity index (χ3v) is 5.01. The first-order chi connectivity index (χ1) is 12.3. The van der Waals surface area contributed by atoms with Crippen LogP contribution in [0.3, 0.4) is 0 Å².